The van der Waals surface area contributed by atoms with Crippen molar-refractivity contribution in [3.8, 4) is 17.0 Å². The number of aromatic hydroxyl groups is 1. The van der Waals surface area contributed by atoms with E-state index in [0.29, 0.717) is 29.1 Å². The number of hydrogen-bond donors (Lipinski definition) is 4. The van der Waals surface area contributed by atoms with Crippen molar-refractivity contribution in [3.63, 3.8) is 0 Å². The first-order valence-electron chi connectivity index (χ1n) is 9.73. The molecule has 4 atom stereocenters. The van der Waals surface area contributed by atoms with Crippen LogP contribution in [0.4, 0.5) is 5.69 Å². The Hall–Kier alpha value is -2.51. The first-order chi connectivity index (χ1) is 13.4. The summed E-state index contributed by atoms with van der Waals surface area (Å²) in [6.45, 7) is 3.92. The van der Waals surface area contributed by atoms with Gasteiger partial charge in [0.2, 0.25) is 0 Å². The minimum Gasteiger partial charge on any atom is -0.506 e. The van der Waals surface area contributed by atoms with Gasteiger partial charge < -0.3 is 25.8 Å². The number of hydrogen-bond acceptors (Lipinski definition) is 5. The smallest absolute Gasteiger partial charge is 0.345 e. The second-order valence-corrected chi connectivity index (χ2v) is 8.36. The summed E-state index contributed by atoms with van der Waals surface area (Å²) in [5.74, 6) is -0.702. The van der Waals surface area contributed by atoms with Gasteiger partial charge in [-0.25, -0.2) is 4.79 Å². The number of anilines is 1. The van der Waals surface area contributed by atoms with Crippen LogP contribution in [0.3, 0.4) is 0 Å². The predicted octanol–water partition coefficient (Wildman–Crippen LogP) is 2.31. The number of nitrogens with one attached hydrogen (secondary N) is 1. The molecule has 1 aliphatic heterocycles. The van der Waals surface area contributed by atoms with Crippen LogP contribution in [0.25, 0.3) is 11.3 Å². The Kier molecular flexibility index (Phi) is 4.63. The van der Waals surface area contributed by atoms with Crippen molar-refractivity contribution in [2.45, 2.75) is 31.7 Å². The third-order valence-electron chi connectivity index (χ3n) is 6.76. The first-order valence-corrected chi connectivity index (χ1v) is 9.73. The highest BCUT2D eigenvalue weighted by molar-refractivity contribution is 5.92. The van der Waals surface area contributed by atoms with E-state index in [0.717, 1.165) is 42.7 Å². The van der Waals surface area contributed by atoms with Crippen molar-refractivity contribution >= 4 is 24.1 Å². The largest absolute Gasteiger partial charge is 0.506 e. The second kappa shape index (κ2) is 6.78. The van der Waals surface area contributed by atoms with Gasteiger partial charge in [-0.05, 0) is 48.3 Å². The molecular weight excluding hydrogens is 394 g/mol. The Morgan fingerprint density at radius 2 is 1.97 bits per heavy atom. The minimum atomic E-state index is -1.42. The number of aryl methyl sites for hydroxylation is 1. The van der Waals surface area contributed by atoms with E-state index in [9.17, 15) is 19.8 Å². The summed E-state index contributed by atoms with van der Waals surface area (Å²) in [5, 5.41) is 19.9. The van der Waals surface area contributed by atoms with E-state index in [1.807, 2.05) is 19.1 Å². The number of carboxylic acid groups (broad SMARTS) is 1. The maximum absolute atomic E-state index is 12.3. The molecule has 2 aromatic rings. The number of rotatable bonds is 2. The summed E-state index contributed by atoms with van der Waals surface area (Å²) in [5.41, 5.74) is 8.84. The molecule has 154 valence electrons. The lowest BCUT2D eigenvalue weighted by molar-refractivity contribution is 0.0691. The van der Waals surface area contributed by atoms with Gasteiger partial charge in [-0.2, -0.15) is 0 Å². The molecule has 0 bridgehead atoms. The van der Waals surface area contributed by atoms with Gasteiger partial charge in [0.05, 0.1) is 5.69 Å². The first kappa shape index (κ1) is 19.8. The Labute approximate surface area is 174 Å². The van der Waals surface area contributed by atoms with E-state index in [1.165, 1.54) is 0 Å². The topological polar surface area (TPSA) is 120 Å². The number of piperidine rings is 1. The van der Waals surface area contributed by atoms with Gasteiger partial charge in [-0.3, -0.25) is 4.79 Å². The molecule has 2 fully saturated rings. The number of benzene rings is 1. The summed E-state index contributed by atoms with van der Waals surface area (Å²) < 4.78 is 0. The van der Waals surface area contributed by atoms with Crippen LogP contribution >= 0.6 is 12.4 Å². The molecule has 29 heavy (non-hydrogen) atoms. The summed E-state index contributed by atoms with van der Waals surface area (Å²) in [6.07, 6.45) is 1.56. The van der Waals surface area contributed by atoms with E-state index in [2.05, 4.69) is 16.0 Å². The molecule has 0 amide bonds. The van der Waals surface area contributed by atoms with E-state index >= 15 is 0 Å². The Morgan fingerprint density at radius 3 is 2.62 bits per heavy atom. The Bertz CT molecular complexity index is 1050. The number of fused-ring (bicyclic) bond motifs is 4. The van der Waals surface area contributed by atoms with Crippen LogP contribution in [0.2, 0.25) is 0 Å². The highest BCUT2D eigenvalue weighted by Gasteiger charge is 2.53. The molecule has 2 aliphatic carbocycles. The number of halogens is 1. The highest BCUT2D eigenvalue weighted by atomic mass is 35.5. The van der Waals surface area contributed by atoms with Gasteiger partial charge >= 0.3 is 5.97 Å². The Balaban J connectivity index is 0.00000205. The molecule has 1 aromatic heterocycles. The van der Waals surface area contributed by atoms with Gasteiger partial charge in [-0.1, -0.05) is 13.0 Å². The van der Waals surface area contributed by atoms with Crippen LogP contribution in [-0.4, -0.2) is 40.3 Å². The number of H-pyrrole nitrogens is 1. The summed E-state index contributed by atoms with van der Waals surface area (Å²) in [6, 6.07) is 6.52. The van der Waals surface area contributed by atoms with E-state index in [-0.39, 0.29) is 18.3 Å². The average Bonchev–Trinajstić information content (AvgIpc) is 3.08. The quantitative estimate of drug-likeness (QED) is 0.595. The standard InChI is InChI=1S/C21H23N3O4.ClH/c1-9-2-3-10-6-11(24-7-13-14(8-24)17(13)22)4-5-12(10)18-15(9)19(25)16(21(27)28)20(26)23-18;/h4-6,9,13-14,17H,2-3,7-8,22H2,1H3,(H,27,28)(H2,23,25,26);1H/t9?,13-,14+,17?;. The number of aromatic carboxylic acids is 1. The molecule has 3 aliphatic rings. The van der Waals surface area contributed by atoms with E-state index < -0.39 is 22.8 Å². The van der Waals surface area contributed by atoms with Crippen LogP contribution in [-0.2, 0) is 6.42 Å². The normalized spacial score (nSPS) is 26.6. The molecule has 5 rings (SSSR count). The average molecular weight is 418 g/mol. The lowest BCUT2D eigenvalue weighted by Gasteiger charge is -2.23. The lowest BCUT2D eigenvalue weighted by Crippen LogP contribution is -2.28. The third kappa shape index (κ3) is 2.91. The van der Waals surface area contributed by atoms with Gasteiger partial charge in [0.1, 0.15) is 5.75 Å². The number of pyridine rings is 1. The summed E-state index contributed by atoms with van der Waals surface area (Å²) in [7, 11) is 0. The molecule has 8 heteroatoms. The van der Waals surface area contributed by atoms with Gasteiger partial charge in [0, 0.05) is 35.9 Å². The maximum atomic E-state index is 12.3. The fourth-order valence-corrected chi connectivity index (χ4v) is 5.02. The number of carboxylic acids is 1. The molecule has 1 aromatic carbocycles. The number of carbonyl (C=O) groups is 1. The maximum Gasteiger partial charge on any atom is 0.345 e. The monoisotopic (exact) mass is 417 g/mol. The molecule has 1 saturated heterocycles. The van der Waals surface area contributed by atoms with Crippen molar-refractivity contribution in [2.24, 2.45) is 17.6 Å². The Morgan fingerprint density at radius 1 is 1.28 bits per heavy atom. The summed E-state index contributed by atoms with van der Waals surface area (Å²) >= 11 is 0. The fourth-order valence-electron chi connectivity index (χ4n) is 5.02. The molecule has 0 spiro atoms. The molecule has 5 N–H and O–H groups in total. The zero-order valence-corrected chi connectivity index (χ0v) is 16.8. The van der Waals surface area contributed by atoms with Crippen molar-refractivity contribution in [3.05, 3.63) is 45.2 Å². The van der Waals surface area contributed by atoms with Crippen molar-refractivity contribution < 1.29 is 15.0 Å². The predicted molar refractivity (Wildman–Crippen MR) is 112 cm³/mol. The number of nitrogens with zero attached hydrogens (tertiary/aromatic N) is 1. The molecular formula is C21H24ClN3O4. The van der Waals surface area contributed by atoms with Crippen LogP contribution in [0, 0.1) is 11.8 Å². The SMILES string of the molecule is CC1CCc2cc(N3C[C@@H]4C(N)[C@@H]4C3)ccc2-c2[nH]c(=O)c(C(=O)O)c(O)c21.Cl. The lowest BCUT2D eigenvalue weighted by atomic mass is 9.93. The second-order valence-electron chi connectivity index (χ2n) is 8.36. The van der Waals surface area contributed by atoms with Crippen LogP contribution < -0.4 is 16.2 Å². The highest BCUT2D eigenvalue weighted by Crippen LogP contribution is 2.47. The molecule has 2 unspecified atom stereocenters. The number of aromatic nitrogens is 1. The van der Waals surface area contributed by atoms with Crippen LogP contribution in [0.15, 0.2) is 23.0 Å². The van der Waals surface area contributed by atoms with Crippen molar-refractivity contribution in [1.29, 1.82) is 0 Å². The molecule has 0 radical (unpaired) electrons. The van der Waals surface area contributed by atoms with Crippen LogP contribution in [0.1, 0.15) is 40.7 Å². The zero-order chi connectivity index (χ0) is 19.7. The summed E-state index contributed by atoms with van der Waals surface area (Å²) in [4.78, 5) is 28.8. The third-order valence-corrected chi connectivity index (χ3v) is 6.76. The van der Waals surface area contributed by atoms with Gasteiger partial charge in [-0.15, -0.1) is 12.4 Å². The van der Waals surface area contributed by atoms with E-state index in [1.54, 1.807) is 0 Å². The number of aromatic amines is 1. The molecule has 1 saturated carbocycles. The molecule has 7 nitrogen and oxygen atoms in total. The van der Waals surface area contributed by atoms with Gasteiger partial charge in [0.25, 0.3) is 5.56 Å². The molecule has 2 heterocycles. The zero-order valence-electron chi connectivity index (χ0n) is 16.0. The van der Waals surface area contributed by atoms with E-state index in [4.69, 9.17) is 5.73 Å². The number of nitrogens with two attached hydrogens (primary N) is 1. The van der Waals surface area contributed by atoms with Gasteiger partial charge in [0.15, 0.2) is 5.56 Å². The minimum absolute atomic E-state index is 0. The van der Waals surface area contributed by atoms with Crippen LogP contribution in [0.5, 0.6) is 5.75 Å². The van der Waals surface area contributed by atoms with Crippen molar-refractivity contribution in [1.82, 2.24) is 4.98 Å². The van der Waals surface area contributed by atoms with Crippen molar-refractivity contribution in [2.75, 3.05) is 18.0 Å². The fraction of sp³-hybridized carbons (Fsp3) is 0.429.